The minimum absolute atomic E-state index is 0.214. The lowest BCUT2D eigenvalue weighted by Crippen LogP contribution is -2.46. The molecule has 1 atom stereocenters. The standard InChI is InChI=1S/C22H18Cl2N2O3S/c1-22(2)10-15-20(30-16-6-4-3-5-14(16)25-15)18(27)17(22)19(28)21(29)26-13-8-7-11(23)9-12(13)24/h3-9,17,25H,10H2,1-2H3,(H,26,29)/t17-/m1/s1. The van der Waals surface area contributed by atoms with Gasteiger partial charge in [0.15, 0.2) is 5.78 Å². The monoisotopic (exact) mass is 460 g/mol. The van der Waals surface area contributed by atoms with Crippen molar-refractivity contribution in [3.63, 3.8) is 0 Å². The van der Waals surface area contributed by atoms with E-state index in [-0.39, 0.29) is 16.5 Å². The summed E-state index contributed by atoms with van der Waals surface area (Å²) in [5.41, 5.74) is 1.26. The number of para-hydroxylation sites is 1. The van der Waals surface area contributed by atoms with E-state index in [4.69, 9.17) is 23.2 Å². The van der Waals surface area contributed by atoms with E-state index in [1.807, 2.05) is 38.1 Å². The van der Waals surface area contributed by atoms with Crippen LogP contribution in [0.2, 0.25) is 10.0 Å². The molecular weight excluding hydrogens is 443 g/mol. The van der Waals surface area contributed by atoms with E-state index in [1.165, 1.54) is 23.9 Å². The molecule has 0 saturated heterocycles. The number of benzene rings is 2. The van der Waals surface area contributed by atoms with E-state index in [9.17, 15) is 14.4 Å². The third-order valence-electron chi connectivity index (χ3n) is 5.22. The molecule has 0 saturated carbocycles. The zero-order valence-electron chi connectivity index (χ0n) is 16.2. The molecule has 0 bridgehead atoms. The van der Waals surface area contributed by atoms with Gasteiger partial charge in [-0.1, -0.05) is 60.9 Å². The third-order valence-corrected chi connectivity index (χ3v) is 7.00. The van der Waals surface area contributed by atoms with Crippen LogP contribution in [-0.4, -0.2) is 17.5 Å². The Kier molecular flexibility index (Phi) is 5.43. The summed E-state index contributed by atoms with van der Waals surface area (Å²) in [4.78, 5) is 40.5. The maximum Gasteiger partial charge on any atom is 0.292 e. The number of anilines is 2. The largest absolute Gasteiger partial charge is 0.357 e. The number of rotatable bonds is 3. The van der Waals surface area contributed by atoms with Crippen LogP contribution in [0.4, 0.5) is 11.4 Å². The number of halogens is 2. The molecule has 2 aromatic rings. The lowest BCUT2D eigenvalue weighted by atomic mass is 9.67. The summed E-state index contributed by atoms with van der Waals surface area (Å²) < 4.78 is 0. The maximum atomic E-state index is 13.3. The molecule has 2 N–H and O–H groups in total. The minimum Gasteiger partial charge on any atom is -0.357 e. The second-order valence-electron chi connectivity index (χ2n) is 7.94. The highest BCUT2D eigenvalue weighted by Gasteiger charge is 2.49. The summed E-state index contributed by atoms with van der Waals surface area (Å²) in [7, 11) is 0. The fraction of sp³-hybridized carbons (Fsp3) is 0.227. The van der Waals surface area contributed by atoms with Crippen LogP contribution in [0.15, 0.2) is 58.0 Å². The van der Waals surface area contributed by atoms with E-state index < -0.39 is 23.0 Å². The quantitative estimate of drug-likeness (QED) is 0.464. The van der Waals surface area contributed by atoms with E-state index >= 15 is 0 Å². The SMILES string of the molecule is CC1(C)CC2=C(Sc3ccccc3N2)C(=O)[C@@H]1C(=O)C(=O)Nc1ccc(Cl)cc1Cl. The lowest BCUT2D eigenvalue weighted by molar-refractivity contribution is -0.144. The number of ketones is 2. The van der Waals surface area contributed by atoms with Gasteiger partial charge in [0.05, 0.1) is 27.2 Å². The fourth-order valence-electron chi connectivity index (χ4n) is 3.80. The zero-order valence-corrected chi connectivity index (χ0v) is 18.5. The number of hydrogen-bond donors (Lipinski definition) is 2. The number of Topliss-reactive ketones (excluding diaryl/α,β-unsaturated/α-hetero) is 2. The topological polar surface area (TPSA) is 75.3 Å². The summed E-state index contributed by atoms with van der Waals surface area (Å²) in [5, 5.41) is 6.46. The van der Waals surface area contributed by atoms with E-state index in [0.717, 1.165) is 16.3 Å². The van der Waals surface area contributed by atoms with Crippen LogP contribution in [0, 0.1) is 11.3 Å². The second-order valence-corrected chi connectivity index (χ2v) is 9.83. The molecule has 1 amide bonds. The van der Waals surface area contributed by atoms with Crippen LogP contribution in [-0.2, 0) is 14.4 Å². The molecular formula is C22H18Cl2N2O3S. The van der Waals surface area contributed by atoms with Crippen molar-refractivity contribution in [1.29, 1.82) is 0 Å². The van der Waals surface area contributed by atoms with Gasteiger partial charge in [-0.15, -0.1) is 0 Å². The first kappa shape index (κ1) is 21.0. The number of carbonyl (C=O) groups is 3. The smallest absolute Gasteiger partial charge is 0.292 e. The first-order valence-corrected chi connectivity index (χ1v) is 10.9. The molecule has 8 heteroatoms. The fourth-order valence-corrected chi connectivity index (χ4v) is 5.31. The summed E-state index contributed by atoms with van der Waals surface area (Å²) in [6.45, 7) is 3.65. The summed E-state index contributed by atoms with van der Waals surface area (Å²) >= 11 is 13.3. The molecule has 1 aliphatic carbocycles. The Bertz CT molecular complexity index is 1130. The molecule has 2 aromatic carbocycles. The Balaban J connectivity index is 1.61. The Hall–Kier alpha value is -2.28. The van der Waals surface area contributed by atoms with Gasteiger partial charge in [0.1, 0.15) is 0 Å². The normalized spacial score (nSPS) is 19.5. The van der Waals surface area contributed by atoms with Gasteiger partial charge in [0.2, 0.25) is 5.78 Å². The molecule has 0 unspecified atom stereocenters. The van der Waals surface area contributed by atoms with Crippen molar-refractivity contribution in [2.75, 3.05) is 10.6 Å². The summed E-state index contributed by atoms with van der Waals surface area (Å²) in [6, 6.07) is 12.2. The highest BCUT2D eigenvalue weighted by atomic mass is 35.5. The van der Waals surface area contributed by atoms with Crippen molar-refractivity contribution in [2.45, 2.75) is 25.2 Å². The van der Waals surface area contributed by atoms with Crippen LogP contribution < -0.4 is 10.6 Å². The van der Waals surface area contributed by atoms with Gasteiger partial charge in [-0.3, -0.25) is 14.4 Å². The first-order chi connectivity index (χ1) is 14.2. The lowest BCUT2D eigenvalue weighted by Gasteiger charge is -2.40. The molecule has 4 rings (SSSR count). The molecule has 1 aliphatic heterocycles. The van der Waals surface area contributed by atoms with E-state index in [2.05, 4.69) is 10.6 Å². The number of carbonyl (C=O) groups excluding carboxylic acids is 3. The molecule has 5 nitrogen and oxygen atoms in total. The number of nitrogens with one attached hydrogen (secondary N) is 2. The van der Waals surface area contributed by atoms with Crippen molar-refractivity contribution in [1.82, 2.24) is 0 Å². The summed E-state index contributed by atoms with van der Waals surface area (Å²) in [5.74, 6) is -3.07. The van der Waals surface area contributed by atoms with Gasteiger partial charge in [-0.2, -0.15) is 0 Å². The zero-order chi connectivity index (χ0) is 21.6. The van der Waals surface area contributed by atoms with Gasteiger partial charge in [0.25, 0.3) is 5.91 Å². The molecule has 0 aromatic heterocycles. The van der Waals surface area contributed by atoms with Gasteiger partial charge in [-0.25, -0.2) is 0 Å². The predicted molar refractivity (Wildman–Crippen MR) is 120 cm³/mol. The highest BCUT2D eigenvalue weighted by molar-refractivity contribution is 8.04. The van der Waals surface area contributed by atoms with Crippen LogP contribution in [0.3, 0.4) is 0 Å². The Morgan fingerprint density at radius 1 is 1.17 bits per heavy atom. The van der Waals surface area contributed by atoms with Gasteiger partial charge in [-0.05, 0) is 42.2 Å². The van der Waals surface area contributed by atoms with Crippen molar-refractivity contribution in [3.8, 4) is 0 Å². The van der Waals surface area contributed by atoms with Crippen LogP contribution in [0.1, 0.15) is 20.3 Å². The number of hydrogen-bond acceptors (Lipinski definition) is 5. The highest BCUT2D eigenvalue weighted by Crippen LogP contribution is 2.50. The molecule has 30 heavy (non-hydrogen) atoms. The average molecular weight is 461 g/mol. The minimum atomic E-state index is -1.08. The van der Waals surface area contributed by atoms with Crippen LogP contribution >= 0.6 is 35.0 Å². The van der Waals surface area contributed by atoms with E-state index in [1.54, 1.807) is 6.07 Å². The second kappa shape index (κ2) is 7.76. The van der Waals surface area contributed by atoms with Crippen molar-refractivity contribution in [2.24, 2.45) is 11.3 Å². The number of thioether (sulfide) groups is 1. The molecule has 0 fully saturated rings. The molecule has 154 valence electrons. The van der Waals surface area contributed by atoms with Crippen LogP contribution in [0.5, 0.6) is 0 Å². The van der Waals surface area contributed by atoms with Gasteiger partial charge >= 0.3 is 0 Å². The Morgan fingerprint density at radius 2 is 1.90 bits per heavy atom. The van der Waals surface area contributed by atoms with Crippen molar-refractivity contribution >= 4 is 63.8 Å². The number of allylic oxidation sites excluding steroid dienone is 2. The Morgan fingerprint density at radius 3 is 2.63 bits per heavy atom. The Labute approximate surface area is 188 Å². The molecule has 1 heterocycles. The number of amides is 1. The molecule has 2 aliphatic rings. The first-order valence-electron chi connectivity index (χ1n) is 9.29. The average Bonchev–Trinajstić information content (AvgIpc) is 2.68. The van der Waals surface area contributed by atoms with Crippen molar-refractivity contribution in [3.05, 3.63) is 63.1 Å². The van der Waals surface area contributed by atoms with Gasteiger partial charge in [0, 0.05) is 15.6 Å². The van der Waals surface area contributed by atoms with Crippen LogP contribution in [0.25, 0.3) is 0 Å². The molecule has 0 radical (unpaired) electrons. The third kappa shape index (κ3) is 3.75. The van der Waals surface area contributed by atoms with E-state index in [0.29, 0.717) is 16.3 Å². The molecule has 0 spiro atoms. The maximum absolute atomic E-state index is 13.3. The number of fused-ring (bicyclic) bond motifs is 1. The predicted octanol–water partition coefficient (Wildman–Crippen LogP) is 5.55. The van der Waals surface area contributed by atoms with Crippen molar-refractivity contribution < 1.29 is 14.4 Å². The van der Waals surface area contributed by atoms with Gasteiger partial charge < -0.3 is 10.6 Å². The summed E-state index contributed by atoms with van der Waals surface area (Å²) in [6.07, 6.45) is 0.473.